The first-order valence-corrected chi connectivity index (χ1v) is 11.7. The average Bonchev–Trinajstić information content (AvgIpc) is 3.02. The van der Waals surface area contributed by atoms with Crippen LogP contribution in [-0.4, -0.2) is 16.9 Å². The van der Waals surface area contributed by atoms with Crippen LogP contribution >= 0.6 is 11.3 Å². The molecule has 2 aromatic heterocycles. The number of rotatable bonds is 4. The van der Waals surface area contributed by atoms with E-state index in [9.17, 15) is 4.79 Å². The normalized spacial score (nSPS) is 20.9. The molecule has 0 bridgehead atoms. The van der Waals surface area contributed by atoms with Gasteiger partial charge in [-0.05, 0) is 55.1 Å². The number of aromatic nitrogens is 1. The molecule has 0 spiro atoms. The summed E-state index contributed by atoms with van der Waals surface area (Å²) < 4.78 is 0. The van der Waals surface area contributed by atoms with Gasteiger partial charge in [-0.3, -0.25) is 4.79 Å². The zero-order valence-corrected chi connectivity index (χ0v) is 18.3. The van der Waals surface area contributed by atoms with Gasteiger partial charge in [0.2, 0.25) is 0 Å². The maximum atomic E-state index is 12.8. The number of nitrogen functional groups attached to an aromatic ring is 1. The van der Waals surface area contributed by atoms with Crippen molar-refractivity contribution in [3.8, 4) is 0 Å². The number of anilines is 1. The molecule has 2 aliphatic rings. The van der Waals surface area contributed by atoms with E-state index in [0.717, 1.165) is 35.9 Å². The molecule has 1 fully saturated rings. The first kappa shape index (κ1) is 19.7. The summed E-state index contributed by atoms with van der Waals surface area (Å²) in [4.78, 5) is 19.3. The molecule has 0 radical (unpaired) electrons. The van der Waals surface area contributed by atoms with Gasteiger partial charge in [-0.1, -0.05) is 46.5 Å². The first-order chi connectivity index (χ1) is 13.4. The van der Waals surface area contributed by atoms with Crippen LogP contribution in [0.3, 0.4) is 0 Å². The summed E-state index contributed by atoms with van der Waals surface area (Å²) in [5.41, 5.74) is 9.92. The van der Waals surface area contributed by atoms with Gasteiger partial charge in [-0.2, -0.15) is 0 Å². The van der Waals surface area contributed by atoms with E-state index in [-0.39, 0.29) is 5.91 Å². The molecule has 1 unspecified atom stereocenters. The Bertz CT molecular complexity index is 880. The first-order valence-electron chi connectivity index (χ1n) is 10.9. The number of nitrogens with one attached hydrogen (secondary N) is 1. The summed E-state index contributed by atoms with van der Waals surface area (Å²) >= 11 is 1.46. The Morgan fingerprint density at radius 3 is 2.75 bits per heavy atom. The van der Waals surface area contributed by atoms with Crippen LogP contribution < -0.4 is 11.1 Å². The fourth-order valence-corrected chi connectivity index (χ4v) is 5.81. The Morgan fingerprint density at radius 2 is 2.04 bits per heavy atom. The van der Waals surface area contributed by atoms with Gasteiger partial charge in [0.15, 0.2) is 0 Å². The second kappa shape index (κ2) is 7.66. The molecule has 1 amide bonds. The molecule has 4 nitrogen and oxygen atoms in total. The van der Waals surface area contributed by atoms with Crippen LogP contribution in [0.15, 0.2) is 6.07 Å². The third kappa shape index (κ3) is 3.66. The molecule has 0 saturated heterocycles. The minimum atomic E-state index is -0.0182. The lowest BCUT2D eigenvalue weighted by molar-refractivity contribution is 0.0932. The fraction of sp³-hybridized carbons (Fsp3) is 0.652. The predicted octanol–water partition coefficient (Wildman–Crippen LogP) is 5.48. The molecule has 152 valence electrons. The summed E-state index contributed by atoms with van der Waals surface area (Å²) in [6, 6.07) is 2.52. The Hall–Kier alpha value is -1.62. The standard InChI is InChI=1S/C23H33N3OS/c1-4-23(2,3)15-10-11-18-14(12-15)13-17-19(24)20(28-22(17)26-18)21(27)25-16-8-6-5-7-9-16/h13,15-16H,4-12,24H2,1-3H3,(H,25,27). The third-order valence-corrected chi connectivity index (χ3v) is 8.36. The van der Waals surface area contributed by atoms with E-state index in [0.29, 0.717) is 27.9 Å². The monoisotopic (exact) mass is 399 g/mol. The van der Waals surface area contributed by atoms with Gasteiger partial charge in [0, 0.05) is 17.1 Å². The Morgan fingerprint density at radius 1 is 1.29 bits per heavy atom. The molecule has 2 aromatic rings. The maximum Gasteiger partial charge on any atom is 0.263 e. The van der Waals surface area contributed by atoms with Gasteiger partial charge in [-0.25, -0.2) is 4.98 Å². The third-order valence-electron chi connectivity index (χ3n) is 7.25. The van der Waals surface area contributed by atoms with Gasteiger partial charge < -0.3 is 11.1 Å². The van der Waals surface area contributed by atoms with Crippen molar-refractivity contribution in [1.29, 1.82) is 0 Å². The number of hydrogen-bond acceptors (Lipinski definition) is 4. The number of hydrogen-bond donors (Lipinski definition) is 2. The summed E-state index contributed by atoms with van der Waals surface area (Å²) in [6.07, 6.45) is 10.3. The molecule has 1 atom stereocenters. The SMILES string of the molecule is CCC(C)(C)C1CCc2nc3sc(C(=O)NC4CCCCC4)c(N)c3cc2C1. The highest BCUT2D eigenvalue weighted by molar-refractivity contribution is 7.21. The van der Waals surface area contributed by atoms with Crippen LogP contribution in [0.2, 0.25) is 0 Å². The van der Waals surface area contributed by atoms with Crippen molar-refractivity contribution in [1.82, 2.24) is 10.3 Å². The average molecular weight is 400 g/mol. The predicted molar refractivity (Wildman–Crippen MR) is 118 cm³/mol. The highest BCUT2D eigenvalue weighted by atomic mass is 32.1. The van der Waals surface area contributed by atoms with Gasteiger partial charge in [0.25, 0.3) is 5.91 Å². The van der Waals surface area contributed by atoms with Crippen molar-refractivity contribution < 1.29 is 4.79 Å². The number of aryl methyl sites for hydroxylation is 1. The number of carbonyl (C=O) groups excluding carboxylic acids is 1. The second-order valence-electron chi connectivity index (χ2n) is 9.38. The zero-order valence-electron chi connectivity index (χ0n) is 17.4. The molecule has 3 N–H and O–H groups in total. The van der Waals surface area contributed by atoms with E-state index in [2.05, 4.69) is 32.2 Å². The van der Waals surface area contributed by atoms with Gasteiger partial charge in [-0.15, -0.1) is 11.3 Å². The van der Waals surface area contributed by atoms with Crippen LogP contribution in [0, 0.1) is 11.3 Å². The van der Waals surface area contributed by atoms with Gasteiger partial charge in [0.05, 0.1) is 5.69 Å². The number of pyridine rings is 1. The van der Waals surface area contributed by atoms with Crippen molar-refractivity contribution >= 4 is 33.1 Å². The van der Waals surface area contributed by atoms with E-state index in [1.165, 1.54) is 54.7 Å². The quantitative estimate of drug-likeness (QED) is 0.715. The number of carbonyl (C=O) groups is 1. The summed E-state index contributed by atoms with van der Waals surface area (Å²) in [6.45, 7) is 7.04. The molecule has 0 aromatic carbocycles. The van der Waals surface area contributed by atoms with Crippen molar-refractivity contribution in [2.75, 3.05) is 5.73 Å². The maximum absolute atomic E-state index is 12.8. The topological polar surface area (TPSA) is 68.0 Å². The van der Waals surface area contributed by atoms with Crippen molar-refractivity contribution in [2.24, 2.45) is 11.3 Å². The lowest BCUT2D eigenvalue weighted by atomic mass is 9.69. The minimum Gasteiger partial charge on any atom is -0.397 e. The van der Waals surface area contributed by atoms with Crippen LogP contribution in [0.25, 0.3) is 10.2 Å². The van der Waals surface area contributed by atoms with E-state index in [1.807, 2.05) is 0 Å². The number of fused-ring (bicyclic) bond motifs is 2. The van der Waals surface area contributed by atoms with Crippen molar-refractivity contribution in [3.05, 3.63) is 22.2 Å². The van der Waals surface area contributed by atoms with E-state index >= 15 is 0 Å². The zero-order chi connectivity index (χ0) is 19.9. The second-order valence-corrected chi connectivity index (χ2v) is 10.4. The molecule has 0 aliphatic heterocycles. The van der Waals surface area contributed by atoms with Crippen LogP contribution in [0.5, 0.6) is 0 Å². The number of thiophene rings is 1. The Balaban J connectivity index is 1.60. The molecule has 28 heavy (non-hydrogen) atoms. The molecule has 5 heteroatoms. The van der Waals surface area contributed by atoms with E-state index in [4.69, 9.17) is 10.7 Å². The van der Waals surface area contributed by atoms with Gasteiger partial charge in [0.1, 0.15) is 9.71 Å². The number of amides is 1. The molecular weight excluding hydrogens is 366 g/mol. The molecule has 2 aliphatic carbocycles. The Kier molecular flexibility index (Phi) is 5.38. The summed E-state index contributed by atoms with van der Waals surface area (Å²) in [5.74, 6) is 0.661. The Labute approximate surface area is 172 Å². The van der Waals surface area contributed by atoms with E-state index in [1.54, 1.807) is 0 Å². The molecule has 1 saturated carbocycles. The van der Waals surface area contributed by atoms with Crippen molar-refractivity contribution in [2.45, 2.75) is 84.6 Å². The van der Waals surface area contributed by atoms with Crippen LogP contribution in [-0.2, 0) is 12.8 Å². The van der Waals surface area contributed by atoms with Crippen LogP contribution in [0.4, 0.5) is 5.69 Å². The summed E-state index contributed by atoms with van der Waals surface area (Å²) in [7, 11) is 0. The summed E-state index contributed by atoms with van der Waals surface area (Å²) in [5, 5.41) is 4.17. The van der Waals surface area contributed by atoms with Gasteiger partial charge >= 0.3 is 0 Å². The lowest BCUT2D eigenvalue weighted by Crippen LogP contribution is -2.36. The highest BCUT2D eigenvalue weighted by Gasteiger charge is 2.32. The lowest BCUT2D eigenvalue weighted by Gasteiger charge is -2.36. The van der Waals surface area contributed by atoms with Crippen LogP contribution in [0.1, 0.15) is 86.6 Å². The minimum absolute atomic E-state index is 0.0182. The largest absolute Gasteiger partial charge is 0.397 e. The smallest absolute Gasteiger partial charge is 0.263 e. The highest BCUT2D eigenvalue weighted by Crippen LogP contribution is 2.42. The molecule has 2 heterocycles. The molecule has 4 rings (SSSR count). The van der Waals surface area contributed by atoms with E-state index < -0.39 is 0 Å². The van der Waals surface area contributed by atoms with Crippen molar-refractivity contribution in [3.63, 3.8) is 0 Å². The number of nitrogens with two attached hydrogens (primary N) is 1. The molecular formula is C23H33N3OS. The fourth-order valence-electron chi connectivity index (χ4n) is 4.81. The number of nitrogens with zero attached hydrogens (tertiary/aromatic N) is 1.